The monoisotopic (exact) mass is 166 g/mol. The Labute approximate surface area is 70.7 Å². The third-order valence-corrected chi connectivity index (χ3v) is 1.74. The Bertz CT molecular complexity index is 256. The van der Waals surface area contributed by atoms with Crippen molar-refractivity contribution in [1.82, 2.24) is 0 Å². The van der Waals surface area contributed by atoms with Crippen LogP contribution in [0.5, 0.6) is 0 Å². The van der Waals surface area contributed by atoms with Crippen molar-refractivity contribution in [3.05, 3.63) is 23.5 Å². The van der Waals surface area contributed by atoms with Gasteiger partial charge in [-0.15, -0.1) is 0 Å². The molecule has 64 valence electrons. The van der Waals surface area contributed by atoms with E-state index in [1.807, 2.05) is 6.92 Å². The zero-order chi connectivity index (χ0) is 9.14. The fraction of sp³-hybridized carbons (Fsp3) is 0.333. The van der Waals surface area contributed by atoms with E-state index >= 15 is 0 Å². The molecule has 0 amide bonds. The molecule has 12 heavy (non-hydrogen) atoms. The van der Waals surface area contributed by atoms with Crippen LogP contribution < -0.4 is 0 Å². The second-order valence-electron chi connectivity index (χ2n) is 2.43. The van der Waals surface area contributed by atoms with Crippen molar-refractivity contribution in [3.8, 4) is 0 Å². The average molecular weight is 166 g/mol. The number of hydrogen-bond acceptors (Lipinski definition) is 3. The molecular weight excluding hydrogens is 156 g/mol. The summed E-state index contributed by atoms with van der Waals surface area (Å²) in [6.07, 6.45) is 3.04. The third kappa shape index (κ3) is 1.30. The van der Waals surface area contributed by atoms with Crippen molar-refractivity contribution in [2.24, 2.45) is 0 Å². The van der Waals surface area contributed by atoms with Crippen LogP contribution in [0.2, 0.25) is 0 Å². The van der Waals surface area contributed by atoms with Crippen molar-refractivity contribution >= 4 is 11.6 Å². The zero-order valence-electron chi connectivity index (χ0n) is 7.09. The number of carbonyl (C=O) groups excluding carboxylic acids is 2. The van der Waals surface area contributed by atoms with Crippen LogP contribution in [0, 0.1) is 0 Å². The first-order valence-electron chi connectivity index (χ1n) is 3.74. The summed E-state index contributed by atoms with van der Waals surface area (Å²) in [5.74, 6) is -0.173. The maximum atomic E-state index is 11.2. The van der Waals surface area contributed by atoms with Gasteiger partial charge in [0.15, 0.2) is 11.5 Å². The van der Waals surface area contributed by atoms with E-state index in [1.54, 1.807) is 0 Å². The SMILES string of the molecule is CCC1=C(OC)C(=O)C=CC1=O. The van der Waals surface area contributed by atoms with Crippen LogP contribution in [0.4, 0.5) is 0 Å². The third-order valence-electron chi connectivity index (χ3n) is 1.74. The lowest BCUT2D eigenvalue weighted by atomic mass is 10.00. The van der Waals surface area contributed by atoms with E-state index in [0.29, 0.717) is 12.0 Å². The van der Waals surface area contributed by atoms with Crippen LogP contribution in [0.25, 0.3) is 0 Å². The molecule has 0 aromatic rings. The highest BCUT2D eigenvalue weighted by Crippen LogP contribution is 2.17. The van der Waals surface area contributed by atoms with Gasteiger partial charge in [-0.05, 0) is 18.6 Å². The standard InChI is InChI=1S/C9H10O3/c1-3-6-7(10)4-5-8(11)9(6)12-2/h4-5H,3H2,1-2H3. The molecule has 0 aromatic heterocycles. The van der Waals surface area contributed by atoms with Gasteiger partial charge in [-0.2, -0.15) is 0 Å². The molecule has 0 aliphatic heterocycles. The Kier molecular flexibility index (Phi) is 2.43. The number of allylic oxidation sites excluding steroid dienone is 3. The van der Waals surface area contributed by atoms with Crippen LogP contribution in [-0.4, -0.2) is 18.7 Å². The maximum absolute atomic E-state index is 11.2. The highest BCUT2D eigenvalue weighted by atomic mass is 16.5. The molecule has 0 aromatic carbocycles. The maximum Gasteiger partial charge on any atom is 0.220 e. The molecular formula is C9H10O3. The molecule has 1 rings (SSSR count). The Balaban J connectivity index is 3.11. The first-order chi connectivity index (χ1) is 5.70. The second kappa shape index (κ2) is 3.34. The van der Waals surface area contributed by atoms with E-state index in [0.717, 1.165) is 0 Å². The summed E-state index contributed by atoms with van der Waals surface area (Å²) < 4.78 is 4.84. The van der Waals surface area contributed by atoms with Crippen molar-refractivity contribution in [2.75, 3.05) is 7.11 Å². The molecule has 0 saturated heterocycles. The topological polar surface area (TPSA) is 43.4 Å². The van der Waals surface area contributed by atoms with Crippen molar-refractivity contribution < 1.29 is 14.3 Å². The number of ketones is 2. The molecule has 3 nitrogen and oxygen atoms in total. The first-order valence-corrected chi connectivity index (χ1v) is 3.74. The van der Waals surface area contributed by atoms with Gasteiger partial charge in [-0.1, -0.05) is 6.92 Å². The molecule has 0 atom stereocenters. The van der Waals surface area contributed by atoms with E-state index < -0.39 is 0 Å². The number of hydrogen-bond donors (Lipinski definition) is 0. The second-order valence-corrected chi connectivity index (χ2v) is 2.43. The minimum absolute atomic E-state index is 0.131. The Morgan fingerprint density at radius 1 is 1.25 bits per heavy atom. The Morgan fingerprint density at radius 2 is 1.83 bits per heavy atom. The summed E-state index contributed by atoms with van der Waals surface area (Å²) in [5, 5.41) is 0. The van der Waals surface area contributed by atoms with Gasteiger partial charge >= 0.3 is 0 Å². The number of rotatable bonds is 2. The number of carbonyl (C=O) groups is 2. The molecule has 1 aliphatic rings. The molecule has 0 unspecified atom stereocenters. The predicted octanol–water partition coefficient (Wildman–Crippen LogP) is 1.00. The van der Waals surface area contributed by atoms with Crippen LogP contribution in [0.15, 0.2) is 23.5 Å². The molecule has 0 N–H and O–H groups in total. The average Bonchev–Trinajstić information content (AvgIpc) is 2.08. The van der Waals surface area contributed by atoms with Gasteiger partial charge in [0.2, 0.25) is 5.78 Å². The fourth-order valence-corrected chi connectivity index (χ4v) is 1.15. The largest absolute Gasteiger partial charge is 0.492 e. The summed E-state index contributed by atoms with van der Waals surface area (Å²) in [6.45, 7) is 1.82. The van der Waals surface area contributed by atoms with Crippen LogP contribution in [0.3, 0.4) is 0 Å². The van der Waals surface area contributed by atoms with Crippen molar-refractivity contribution in [3.63, 3.8) is 0 Å². The predicted molar refractivity (Wildman–Crippen MR) is 43.5 cm³/mol. The van der Waals surface area contributed by atoms with Gasteiger partial charge in [0.25, 0.3) is 0 Å². The lowest BCUT2D eigenvalue weighted by molar-refractivity contribution is -0.117. The quantitative estimate of drug-likeness (QED) is 0.575. The molecule has 0 spiro atoms. The highest BCUT2D eigenvalue weighted by Gasteiger charge is 2.21. The van der Waals surface area contributed by atoms with E-state index in [2.05, 4.69) is 0 Å². The molecule has 1 aliphatic carbocycles. The first kappa shape index (κ1) is 8.71. The fourth-order valence-electron chi connectivity index (χ4n) is 1.15. The Morgan fingerprint density at radius 3 is 2.25 bits per heavy atom. The molecule has 0 fully saturated rings. The van der Waals surface area contributed by atoms with Gasteiger partial charge in [0, 0.05) is 5.57 Å². The summed E-state index contributed by atoms with van der Waals surface area (Å²) in [4.78, 5) is 22.3. The van der Waals surface area contributed by atoms with Crippen LogP contribution in [0.1, 0.15) is 13.3 Å². The normalized spacial score (nSPS) is 17.2. The molecule has 0 saturated carbocycles. The lowest BCUT2D eigenvalue weighted by Gasteiger charge is -2.10. The van der Waals surface area contributed by atoms with Crippen molar-refractivity contribution in [2.45, 2.75) is 13.3 Å². The highest BCUT2D eigenvalue weighted by molar-refractivity contribution is 6.19. The van der Waals surface area contributed by atoms with Gasteiger partial charge in [0.05, 0.1) is 7.11 Å². The number of ether oxygens (including phenoxy) is 1. The smallest absolute Gasteiger partial charge is 0.220 e. The van der Waals surface area contributed by atoms with E-state index in [1.165, 1.54) is 19.3 Å². The molecule has 0 heterocycles. The number of methoxy groups -OCH3 is 1. The zero-order valence-corrected chi connectivity index (χ0v) is 7.09. The van der Waals surface area contributed by atoms with E-state index in [4.69, 9.17) is 4.74 Å². The Hall–Kier alpha value is -1.38. The van der Waals surface area contributed by atoms with Crippen molar-refractivity contribution in [1.29, 1.82) is 0 Å². The van der Waals surface area contributed by atoms with E-state index in [-0.39, 0.29) is 17.3 Å². The summed E-state index contributed by atoms with van der Waals surface area (Å²) in [5.41, 5.74) is 0.463. The minimum atomic E-state index is -0.228. The summed E-state index contributed by atoms with van der Waals surface area (Å²) in [6, 6.07) is 0. The molecule has 0 radical (unpaired) electrons. The molecule has 3 heteroatoms. The summed E-state index contributed by atoms with van der Waals surface area (Å²) in [7, 11) is 1.40. The van der Waals surface area contributed by atoms with Gasteiger partial charge in [-0.3, -0.25) is 9.59 Å². The van der Waals surface area contributed by atoms with Crippen LogP contribution in [-0.2, 0) is 14.3 Å². The minimum Gasteiger partial charge on any atom is -0.492 e. The van der Waals surface area contributed by atoms with E-state index in [9.17, 15) is 9.59 Å². The van der Waals surface area contributed by atoms with Gasteiger partial charge in [0.1, 0.15) is 0 Å². The van der Waals surface area contributed by atoms with Crippen LogP contribution >= 0.6 is 0 Å². The molecule has 0 bridgehead atoms. The van der Waals surface area contributed by atoms with Gasteiger partial charge < -0.3 is 4.74 Å². The summed E-state index contributed by atoms with van der Waals surface area (Å²) >= 11 is 0. The lowest BCUT2D eigenvalue weighted by Crippen LogP contribution is -2.15. The van der Waals surface area contributed by atoms with Gasteiger partial charge in [-0.25, -0.2) is 0 Å².